The van der Waals surface area contributed by atoms with Crippen molar-refractivity contribution in [2.75, 3.05) is 15.8 Å². The second kappa shape index (κ2) is 9.42. The number of nitro groups is 1. The SMILES string of the molecule is O=C(CSc1ccc(NS(=O)(=O)c2ccccc2)cc1)Nc1ccc([N+](=O)[O-])cc1. The number of sulfonamides is 1. The number of benzene rings is 3. The molecule has 0 aliphatic carbocycles. The van der Waals surface area contributed by atoms with Crippen molar-refractivity contribution in [3.8, 4) is 0 Å². The maximum atomic E-state index is 12.3. The largest absolute Gasteiger partial charge is 0.325 e. The van der Waals surface area contributed by atoms with E-state index in [-0.39, 0.29) is 22.2 Å². The molecule has 0 radical (unpaired) electrons. The molecule has 30 heavy (non-hydrogen) atoms. The summed E-state index contributed by atoms with van der Waals surface area (Å²) in [5, 5.41) is 13.3. The summed E-state index contributed by atoms with van der Waals surface area (Å²) in [4.78, 5) is 23.2. The molecule has 154 valence electrons. The molecule has 10 heteroatoms. The molecule has 0 aliphatic rings. The number of nitrogens with zero attached hydrogens (tertiary/aromatic N) is 1. The minimum Gasteiger partial charge on any atom is -0.325 e. The van der Waals surface area contributed by atoms with E-state index < -0.39 is 14.9 Å². The van der Waals surface area contributed by atoms with Crippen molar-refractivity contribution >= 4 is 44.8 Å². The van der Waals surface area contributed by atoms with Crippen molar-refractivity contribution in [2.24, 2.45) is 0 Å². The van der Waals surface area contributed by atoms with E-state index in [0.717, 1.165) is 4.90 Å². The highest BCUT2D eigenvalue weighted by Gasteiger charge is 2.13. The van der Waals surface area contributed by atoms with Gasteiger partial charge in [0.05, 0.1) is 15.6 Å². The van der Waals surface area contributed by atoms with Crippen molar-refractivity contribution in [3.05, 3.63) is 89.0 Å². The number of thioether (sulfide) groups is 1. The number of anilines is 2. The average molecular weight is 444 g/mol. The first-order chi connectivity index (χ1) is 14.3. The monoisotopic (exact) mass is 443 g/mol. The van der Waals surface area contributed by atoms with Gasteiger partial charge >= 0.3 is 0 Å². The van der Waals surface area contributed by atoms with Gasteiger partial charge in [-0.1, -0.05) is 18.2 Å². The molecule has 0 fully saturated rings. The smallest absolute Gasteiger partial charge is 0.269 e. The standard InChI is InChI=1S/C20H17N3O5S2/c24-20(21-15-6-10-17(11-7-15)23(25)26)14-29-18-12-8-16(9-13-18)22-30(27,28)19-4-2-1-3-5-19/h1-13,22H,14H2,(H,21,24). The van der Waals surface area contributed by atoms with Gasteiger partial charge in [0.2, 0.25) is 5.91 Å². The highest BCUT2D eigenvalue weighted by Crippen LogP contribution is 2.23. The number of carbonyl (C=O) groups excluding carboxylic acids is 1. The van der Waals surface area contributed by atoms with E-state index in [9.17, 15) is 23.3 Å². The zero-order valence-electron chi connectivity index (χ0n) is 15.5. The molecule has 3 aromatic carbocycles. The molecule has 2 N–H and O–H groups in total. The van der Waals surface area contributed by atoms with E-state index >= 15 is 0 Å². The molecule has 0 atom stereocenters. The molecule has 0 saturated carbocycles. The first-order valence-corrected chi connectivity index (χ1v) is 11.2. The van der Waals surface area contributed by atoms with Crippen LogP contribution in [0.5, 0.6) is 0 Å². The minimum atomic E-state index is -3.66. The molecule has 0 aliphatic heterocycles. The minimum absolute atomic E-state index is 0.0506. The maximum absolute atomic E-state index is 12.3. The van der Waals surface area contributed by atoms with Crippen molar-refractivity contribution in [3.63, 3.8) is 0 Å². The van der Waals surface area contributed by atoms with Crippen LogP contribution in [0.4, 0.5) is 17.1 Å². The van der Waals surface area contributed by atoms with Crippen LogP contribution in [-0.2, 0) is 14.8 Å². The van der Waals surface area contributed by atoms with Crippen LogP contribution >= 0.6 is 11.8 Å². The van der Waals surface area contributed by atoms with E-state index in [0.29, 0.717) is 11.4 Å². The Labute approximate surface area is 177 Å². The second-order valence-corrected chi connectivity index (χ2v) is 8.81. The lowest BCUT2D eigenvalue weighted by molar-refractivity contribution is -0.384. The summed E-state index contributed by atoms with van der Waals surface area (Å²) in [6.07, 6.45) is 0. The van der Waals surface area contributed by atoms with Gasteiger partial charge in [-0.05, 0) is 48.5 Å². The van der Waals surface area contributed by atoms with Crippen LogP contribution in [0.1, 0.15) is 0 Å². The summed E-state index contributed by atoms with van der Waals surface area (Å²) in [6.45, 7) is 0. The van der Waals surface area contributed by atoms with E-state index in [2.05, 4.69) is 10.0 Å². The van der Waals surface area contributed by atoms with Gasteiger partial charge in [-0.2, -0.15) is 0 Å². The van der Waals surface area contributed by atoms with Crippen molar-refractivity contribution < 1.29 is 18.1 Å². The molecular formula is C20H17N3O5S2. The fourth-order valence-electron chi connectivity index (χ4n) is 2.45. The van der Waals surface area contributed by atoms with E-state index in [1.54, 1.807) is 42.5 Å². The molecule has 0 heterocycles. The molecule has 0 bridgehead atoms. The number of carbonyl (C=O) groups is 1. The lowest BCUT2D eigenvalue weighted by atomic mass is 10.3. The van der Waals surface area contributed by atoms with Gasteiger partial charge in [0, 0.05) is 28.4 Å². The summed E-state index contributed by atoms with van der Waals surface area (Å²) in [6, 6.07) is 20.3. The molecule has 0 unspecified atom stereocenters. The normalized spacial score (nSPS) is 10.9. The zero-order valence-corrected chi connectivity index (χ0v) is 17.2. The van der Waals surface area contributed by atoms with Crippen LogP contribution in [0.2, 0.25) is 0 Å². The fourth-order valence-corrected chi connectivity index (χ4v) is 4.22. The third-order valence-corrected chi connectivity index (χ3v) is 6.30. The lowest BCUT2D eigenvalue weighted by Gasteiger charge is -2.09. The first kappa shape index (κ1) is 21.3. The number of hydrogen-bond acceptors (Lipinski definition) is 6. The van der Waals surface area contributed by atoms with Gasteiger partial charge in [0.1, 0.15) is 0 Å². The zero-order chi connectivity index (χ0) is 21.6. The van der Waals surface area contributed by atoms with Crippen LogP contribution in [0.3, 0.4) is 0 Å². The Morgan fingerprint density at radius 2 is 1.50 bits per heavy atom. The summed E-state index contributed by atoms with van der Waals surface area (Å²) in [5.41, 5.74) is 0.834. The Morgan fingerprint density at radius 3 is 2.10 bits per heavy atom. The Kier molecular flexibility index (Phi) is 6.70. The van der Waals surface area contributed by atoms with Crippen LogP contribution in [0.15, 0.2) is 88.7 Å². The molecule has 0 aromatic heterocycles. The number of rotatable bonds is 8. The van der Waals surface area contributed by atoms with Gasteiger partial charge in [0.25, 0.3) is 15.7 Å². The van der Waals surface area contributed by atoms with Crippen molar-refractivity contribution in [2.45, 2.75) is 9.79 Å². The fraction of sp³-hybridized carbons (Fsp3) is 0.0500. The Balaban J connectivity index is 1.53. The molecule has 3 aromatic rings. The van der Waals surface area contributed by atoms with Crippen molar-refractivity contribution in [1.29, 1.82) is 0 Å². The van der Waals surface area contributed by atoms with Crippen LogP contribution in [0.25, 0.3) is 0 Å². The predicted octanol–water partition coefficient (Wildman–Crippen LogP) is 4.13. The number of non-ortho nitro benzene ring substituents is 1. The number of nitrogens with one attached hydrogen (secondary N) is 2. The summed E-state index contributed by atoms with van der Waals surface area (Å²) < 4.78 is 27.2. The lowest BCUT2D eigenvalue weighted by Crippen LogP contribution is -2.14. The molecule has 8 nitrogen and oxygen atoms in total. The van der Waals surface area contributed by atoms with Crippen LogP contribution < -0.4 is 10.0 Å². The van der Waals surface area contributed by atoms with E-state index in [4.69, 9.17) is 0 Å². The van der Waals surface area contributed by atoms with E-state index in [1.807, 2.05) is 0 Å². The quantitative estimate of drug-likeness (QED) is 0.307. The molecule has 0 spiro atoms. The molecule has 0 saturated heterocycles. The topological polar surface area (TPSA) is 118 Å². The highest BCUT2D eigenvalue weighted by molar-refractivity contribution is 8.00. The molecular weight excluding hydrogens is 426 g/mol. The summed E-state index contributed by atoms with van der Waals surface area (Å²) in [7, 11) is -3.66. The van der Waals surface area contributed by atoms with Crippen LogP contribution in [-0.4, -0.2) is 25.0 Å². The van der Waals surface area contributed by atoms with Crippen molar-refractivity contribution in [1.82, 2.24) is 0 Å². The maximum Gasteiger partial charge on any atom is 0.269 e. The van der Waals surface area contributed by atoms with Gasteiger partial charge in [-0.25, -0.2) is 8.42 Å². The van der Waals surface area contributed by atoms with Crippen LogP contribution in [0, 0.1) is 10.1 Å². The van der Waals surface area contributed by atoms with Gasteiger partial charge in [-0.3, -0.25) is 19.6 Å². The highest BCUT2D eigenvalue weighted by atomic mass is 32.2. The molecule has 3 rings (SSSR count). The van der Waals surface area contributed by atoms with E-state index in [1.165, 1.54) is 48.2 Å². The number of nitro benzene ring substituents is 1. The van der Waals surface area contributed by atoms with Gasteiger partial charge < -0.3 is 5.32 Å². The Hall–Kier alpha value is -3.37. The summed E-state index contributed by atoms with van der Waals surface area (Å²) >= 11 is 1.28. The number of hydrogen-bond donors (Lipinski definition) is 2. The predicted molar refractivity (Wildman–Crippen MR) is 116 cm³/mol. The third-order valence-electron chi connectivity index (χ3n) is 3.89. The third kappa shape index (κ3) is 5.82. The van der Waals surface area contributed by atoms with Gasteiger partial charge in [0.15, 0.2) is 0 Å². The Morgan fingerprint density at radius 1 is 0.900 bits per heavy atom. The molecule has 1 amide bonds. The summed E-state index contributed by atoms with van der Waals surface area (Å²) in [5.74, 6) is -0.130. The second-order valence-electron chi connectivity index (χ2n) is 6.08. The number of amides is 1. The average Bonchev–Trinajstić information content (AvgIpc) is 2.74. The first-order valence-electron chi connectivity index (χ1n) is 8.68. The Bertz CT molecular complexity index is 1130. The van der Waals surface area contributed by atoms with Gasteiger partial charge in [-0.15, -0.1) is 11.8 Å².